The molecular weight excluding hydrogens is 258 g/mol. The molecule has 2 aromatic rings. The fraction of sp³-hybridized carbons (Fsp3) is 0.312. The van der Waals surface area contributed by atoms with Crippen LogP contribution >= 0.6 is 11.6 Å². The van der Waals surface area contributed by atoms with E-state index in [1.54, 1.807) is 6.20 Å². The molecular formula is C16H18ClNO. The lowest BCUT2D eigenvalue weighted by atomic mass is 10.0. The van der Waals surface area contributed by atoms with E-state index in [0.717, 1.165) is 17.1 Å². The number of hydrogen-bond donors (Lipinski definition) is 0. The molecule has 0 aliphatic rings. The number of rotatable bonds is 3. The van der Waals surface area contributed by atoms with Crippen LogP contribution in [0.2, 0.25) is 5.15 Å². The maximum Gasteiger partial charge on any atom is 0.146 e. The second-order valence-corrected chi connectivity index (χ2v) is 5.43. The molecule has 1 heterocycles. The van der Waals surface area contributed by atoms with Gasteiger partial charge in [0.1, 0.15) is 16.7 Å². The van der Waals surface area contributed by atoms with Gasteiger partial charge < -0.3 is 4.74 Å². The zero-order chi connectivity index (χ0) is 14.0. The fourth-order valence-electron chi connectivity index (χ4n) is 1.92. The Balaban J connectivity index is 2.36. The van der Waals surface area contributed by atoms with Gasteiger partial charge in [0.15, 0.2) is 0 Å². The van der Waals surface area contributed by atoms with Gasteiger partial charge in [0.05, 0.1) is 6.20 Å². The molecule has 19 heavy (non-hydrogen) atoms. The summed E-state index contributed by atoms with van der Waals surface area (Å²) in [5.74, 6) is 2.02. The number of aromatic nitrogens is 1. The predicted octanol–water partition coefficient (Wildman–Crippen LogP) is 5.27. The van der Waals surface area contributed by atoms with Crippen LogP contribution in [0, 0.1) is 13.8 Å². The summed E-state index contributed by atoms with van der Waals surface area (Å²) in [6, 6.07) is 8.18. The van der Waals surface area contributed by atoms with Gasteiger partial charge in [-0.2, -0.15) is 0 Å². The second kappa shape index (κ2) is 5.62. The third-order valence-corrected chi connectivity index (χ3v) is 3.40. The average Bonchev–Trinajstić information content (AvgIpc) is 2.33. The molecule has 0 saturated heterocycles. The van der Waals surface area contributed by atoms with Crippen LogP contribution < -0.4 is 4.74 Å². The van der Waals surface area contributed by atoms with E-state index >= 15 is 0 Å². The first kappa shape index (κ1) is 13.9. The summed E-state index contributed by atoms with van der Waals surface area (Å²) >= 11 is 5.92. The molecule has 3 heteroatoms. The lowest BCUT2D eigenvalue weighted by molar-refractivity contribution is 0.470. The Hall–Kier alpha value is -1.54. The van der Waals surface area contributed by atoms with Crippen molar-refractivity contribution < 1.29 is 4.74 Å². The van der Waals surface area contributed by atoms with Crippen LogP contribution in [0.1, 0.15) is 36.5 Å². The fourth-order valence-corrected chi connectivity index (χ4v) is 2.03. The Morgan fingerprint density at radius 3 is 2.53 bits per heavy atom. The van der Waals surface area contributed by atoms with E-state index in [-0.39, 0.29) is 0 Å². The van der Waals surface area contributed by atoms with Crippen LogP contribution in [0.15, 0.2) is 30.5 Å². The number of halogens is 1. The Morgan fingerprint density at radius 2 is 1.89 bits per heavy atom. The third-order valence-electron chi connectivity index (χ3n) is 3.01. The predicted molar refractivity (Wildman–Crippen MR) is 79.3 cm³/mol. The lowest BCUT2D eigenvalue weighted by Crippen LogP contribution is -1.95. The minimum absolute atomic E-state index is 0.414. The molecule has 0 aliphatic carbocycles. The summed E-state index contributed by atoms with van der Waals surface area (Å²) in [6.45, 7) is 8.29. The number of nitrogens with zero attached hydrogens (tertiary/aromatic N) is 1. The number of aryl methyl sites for hydroxylation is 2. The van der Waals surface area contributed by atoms with Gasteiger partial charge in [0, 0.05) is 0 Å². The van der Waals surface area contributed by atoms with Crippen LogP contribution in [0.5, 0.6) is 11.5 Å². The summed E-state index contributed by atoms with van der Waals surface area (Å²) in [7, 11) is 0. The molecule has 100 valence electrons. The molecule has 0 aliphatic heterocycles. The van der Waals surface area contributed by atoms with Crippen LogP contribution in [0.25, 0.3) is 0 Å². The molecule has 0 fully saturated rings. The molecule has 0 N–H and O–H groups in total. The Morgan fingerprint density at radius 1 is 1.16 bits per heavy atom. The second-order valence-electron chi connectivity index (χ2n) is 5.08. The smallest absolute Gasteiger partial charge is 0.146 e. The maximum absolute atomic E-state index is 5.97. The first-order valence-electron chi connectivity index (χ1n) is 6.38. The Bertz CT molecular complexity index is 593. The molecule has 2 nitrogen and oxygen atoms in total. The lowest BCUT2D eigenvalue weighted by Gasteiger charge is -2.14. The van der Waals surface area contributed by atoms with Gasteiger partial charge >= 0.3 is 0 Å². The van der Waals surface area contributed by atoms with Crippen molar-refractivity contribution in [3.63, 3.8) is 0 Å². The topological polar surface area (TPSA) is 22.1 Å². The van der Waals surface area contributed by atoms with Gasteiger partial charge in [0.2, 0.25) is 0 Å². The van der Waals surface area contributed by atoms with E-state index in [0.29, 0.717) is 11.1 Å². The van der Waals surface area contributed by atoms with E-state index in [9.17, 15) is 0 Å². The Kier molecular flexibility index (Phi) is 4.11. The molecule has 2 rings (SSSR count). The quantitative estimate of drug-likeness (QED) is 0.712. The highest BCUT2D eigenvalue weighted by Crippen LogP contribution is 2.32. The van der Waals surface area contributed by atoms with Gasteiger partial charge in [-0.05, 0) is 48.6 Å². The normalized spacial score (nSPS) is 10.8. The van der Waals surface area contributed by atoms with Crippen LogP contribution in [-0.4, -0.2) is 4.98 Å². The van der Waals surface area contributed by atoms with Gasteiger partial charge in [-0.3, -0.25) is 0 Å². The van der Waals surface area contributed by atoms with E-state index in [1.165, 1.54) is 11.1 Å². The van der Waals surface area contributed by atoms with Gasteiger partial charge in [-0.25, -0.2) is 4.98 Å². The van der Waals surface area contributed by atoms with Crippen molar-refractivity contribution in [1.82, 2.24) is 4.98 Å². The van der Waals surface area contributed by atoms with Crippen molar-refractivity contribution in [2.75, 3.05) is 0 Å². The third kappa shape index (κ3) is 3.27. The summed E-state index contributed by atoms with van der Waals surface area (Å²) in [4.78, 5) is 4.11. The molecule has 0 radical (unpaired) electrons. The van der Waals surface area contributed by atoms with Crippen LogP contribution in [0.4, 0.5) is 0 Å². The number of pyridine rings is 1. The zero-order valence-electron chi connectivity index (χ0n) is 11.7. The summed E-state index contributed by atoms with van der Waals surface area (Å²) in [6.07, 6.45) is 1.65. The largest absolute Gasteiger partial charge is 0.455 e. The van der Waals surface area contributed by atoms with Gasteiger partial charge in [-0.1, -0.05) is 37.6 Å². The number of ether oxygens (including phenoxy) is 1. The van der Waals surface area contributed by atoms with Crippen LogP contribution in [0.3, 0.4) is 0 Å². The van der Waals surface area contributed by atoms with Crippen molar-refractivity contribution in [2.24, 2.45) is 0 Å². The standard InChI is InChI=1S/C16H18ClNO/c1-10(2)14-6-5-11(3)7-15(14)19-13-8-12(4)16(17)18-9-13/h5-10H,1-4H3. The summed E-state index contributed by atoms with van der Waals surface area (Å²) in [5, 5.41) is 0.515. The van der Waals surface area contributed by atoms with E-state index < -0.39 is 0 Å². The molecule has 1 aromatic carbocycles. The molecule has 0 bridgehead atoms. The first-order chi connectivity index (χ1) is 8.97. The highest BCUT2D eigenvalue weighted by atomic mass is 35.5. The maximum atomic E-state index is 5.97. The molecule has 0 amide bonds. The molecule has 0 spiro atoms. The number of benzene rings is 1. The summed E-state index contributed by atoms with van der Waals surface area (Å²) < 4.78 is 5.97. The molecule has 1 aromatic heterocycles. The molecule has 0 unspecified atom stereocenters. The van der Waals surface area contributed by atoms with Crippen molar-refractivity contribution >= 4 is 11.6 Å². The van der Waals surface area contributed by atoms with Crippen molar-refractivity contribution in [3.05, 3.63) is 52.3 Å². The number of hydrogen-bond acceptors (Lipinski definition) is 2. The van der Waals surface area contributed by atoms with E-state index in [4.69, 9.17) is 16.3 Å². The van der Waals surface area contributed by atoms with Crippen molar-refractivity contribution in [1.29, 1.82) is 0 Å². The highest BCUT2D eigenvalue weighted by Gasteiger charge is 2.10. The minimum Gasteiger partial charge on any atom is -0.455 e. The highest BCUT2D eigenvalue weighted by molar-refractivity contribution is 6.30. The molecule has 0 saturated carbocycles. The van der Waals surface area contributed by atoms with E-state index in [2.05, 4.69) is 44.0 Å². The van der Waals surface area contributed by atoms with E-state index in [1.807, 2.05) is 13.0 Å². The van der Waals surface area contributed by atoms with Crippen molar-refractivity contribution in [3.8, 4) is 11.5 Å². The average molecular weight is 276 g/mol. The zero-order valence-corrected chi connectivity index (χ0v) is 12.5. The van der Waals surface area contributed by atoms with Crippen molar-refractivity contribution in [2.45, 2.75) is 33.6 Å². The van der Waals surface area contributed by atoms with Gasteiger partial charge in [-0.15, -0.1) is 0 Å². The Labute approximate surface area is 119 Å². The summed E-state index contributed by atoms with van der Waals surface area (Å²) in [5.41, 5.74) is 3.29. The van der Waals surface area contributed by atoms with Crippen LogP contribution in [-0.2, 0) is 0 Å². The monoisotopic (exact) mass is 275 g/mol. The van der Waals surface area contributed by atoms with Gasteiger partial charge in [0.25, 0.3) is 0 Å². The SMILES string of the molecule is Cc1ccc(C(C)C)c(Oc2cnc(Cl)c(C)c2)c1. The first-order valence-corrected chi connectivity index (χ1v) is 6.75. The minimum atomic E-state index is 0.414. The molecule has 0 atom stereocenters.